The summed E-state index contributed by atoms with van der Waals surface area (Å²) in [6.07, 6.45) is 3.54. The minimum Gasteiger partial charge on any atom is -0.383 e. The number of hydrogen-bond acceptors (Lipinski definition) is 5. The van der Waals surface area contributed by atoms with E-state index in [1.165, 1.54) is 0 Å². The summed E-state index contributed by atoms with van der Waals surface area (Å²) in [5.74, 6) is 1.96. The van der Waals surface area contributed by atoms with Crippen molar-refractivity contribution < 1.29 is 0 Å². The van der Waals surface area contributed by atoms with Crippen molar-refractivity contribution in [2.24, 2.45) is 0 Å². The molecule has 6 heteroatoms. The van der Waals surface area contributed by atoms with Crippen molar-refractivity contribution in [2.45, 2.75) is 46.1 Å². The zero-order valence-electron chi connectivity index (χ0n) is 14.0. The largest absolute Gasteiger partial charge is 0.383 e. The van der Waals surface area contributed by atoms with Gasteiger partial charge in [-0.25, -0.2) is 19.6 Å². The van der Waals surface area contributed by atoms with Crippen LogP contribution >= 0.6 is 0 Å². The van der Waals surface area contributed by atoms with E-state index in [1.54, 1.807) is 6.20 Å². The molecule has 0 aliphatic carbocycles. The summed E-state index contributed by atoms with van der Waals surface area (Å²) in [5.41, 5.74) is 8.79. The van der Waals surface area contributed by atoms with Gasteiger partial charge in [0.1, 0.15) is 11.6 Å². The lowest BCUT2D eigenvalue weighted by atomic mass is 10.1. The SMILES string of the molecule is CC(C)c1nc(C(C)C)c2cnn(Cc3cccnc3N)c2n1. The fraction of sp³-hybridized carbons (Fsp3) is 0.412. The first kappa shape index (κ1) is 15.4. The summed E-state index contributed by atoms with van der Waals surface area (Å²) >= 11 is 0. The Morgan fingerprint density at radius 1 is 1.13 bits per heavy atom. The molecule has 2 N–H and O–H groups in total. The van der Waals surface area contributed by atoms with E-state index < -0.39 is 0 Å². The topological polar surface area (TPSA) is 82.5 Å². The zero-order chi connectivity index (χ0) is 16.6. The van der Waals surface area contributed by atoms with Gasteiger partial charge in [0.25, 0.3) is 0 Å². The second-order valence-electron chi connectivity index (χ2n) is 6.36. The minimum absolute atomic E-state index is 0.267. The summed E-state index contributed by atoms with van der Waals surface area (Å²) in [6, 6.07) is 3.84. The van der Waals surface area contributed by atoms with E-state index in [0.29, 0.717) is 18.3 Å². The van der Waals surface area contributed by atoms with Gasteiger partial charge in [-0.15, -0.1) is 0 Å². The summed E-state index contributed by atoms with van der Waals surface area (Å²) in [6.45, 7) is 9.04. The number of nitrogen functional groups attached to an aromatic ring is 1. The smallest absolute Gasteiger partial charge is 0.162 e. The van der Waals surface area contributed by atoms with E-state index in [2.05, 4.69) is 37.8 Å². The number of pyridine rings is 1. The van der Waals surface area contributed by atoms with Crippen molar-refractivity contribution >= 4 is 16.9 Å². The van der Waals surface area contributed by atoms with Crippen molar-refractivity contribution in [3.63, 3.8) is 0 Å². The maximum Gasteiger partial charge on any atom is 0.162 e. The van der Waals surface area contributed by atoms with Crippen LogP contribution in [0.15, 0.2) is 24.5 Å². The van der Waals surface area contributed by atoms with E-state index in [9.17, 15) is 0 Å². The van der Waals surface area contributed by atoms with Crippen LogP contribution in [0.3, 0.4) is 0 Å². The molecule has 0 aromatic carbocycles. The second-order valence-corrected chi connectivity index (χ2v) is 6.36. The van der Waals surface area contributed by atoms with E-state index in [1.807, 2.05) is 23.0 Å². The lowest BCUT2D eigenvalue weighted by Crippen LogP contribution is -2.09. The van der Waals surface area contributed by atoms with Crippen molar-refractivity contribution in [3.05, 3.63) is 41.6 Å². The van der Waals surface area contributed by atoms with Gasteiger partial charge >= 0.3 is 0 Å². The summed E-state index contributed by atoms with van der Waals surface area (Å²) in [7, 11) is 0. The molecule has 3 aromatic rings. The third kappa shape index (κ3) is 2.88. The fourth-order valence-corrected chi connectivity index (χ4v) is 2.55. The maximum absolute atomic E-state index is 5.95. The molecule has 0 amide bonds. The number of fused-ring (bicyclic) bond motifs is 1. The lowest BCUT2D eigenvalue weighted by Gasteiger charge is -2.12. The van der Waals surface area contributed by atoms with E-state index in [4.69, 9.17) is 15.7 Å². The summed E-state index contributed by atoms with van der Waals surface area (Å²) in [5, 5.41) is 5.51. The maximum atomic E-state index is 5.95. The van der Waals surface area contributed by atoms with Gasteiger partial charge in [-0.3, -0.25) is 0 Å². The molecular formula is C17H22N6. The Morgan fingerprint density at radius 2 is 1.91 bits per heavy atom. The average Bonchev–Trinajstić information content (AvgIpc) is 2.91. The molecule has 3 heterocycles. The van der Waals surface area contributed by atoms with Crippen LogP contribution < -0.4 is 5.73 Å². The van der Waals surface area contributed by atoms with Crippen LogP contribution in [0.4, 0.5) is 5.82 Å². The van der Waals surface area contributed by atoms with Crippen LogP contribution in [-0.2, 0) is 6.54 Å². The molecule has 0 fully saturated rings. The molecule has 0 radical (unpaired) electrons. The van der Waals surface area contributed by atoms with Crippen molar-refractivity contribution in [1.29, 1.82) is 0 Å². The van der Waals surface area contributed by atoms with Gasteiger partial charge in [-0.2, -0.15) is 5.10 Å². The van der Waals surface area contributed by atoms with Gasteiger partial charge in [0.15, 0.2) is 5.65 Å². The fourth-order valence-electron chi connectivity index (χ4n) is 2.55. The number of nitrogens with zero attached hydrogens (tertiary/aromatic N) is 5. The Balaban J connectivity index is 2.13. The molecule has 0 saturated carbocycles. The quantitative estimate of drug-likeness (QED) is 0.800. The average molecular weight is 310 g/mol. The van der Waals surface area contributed by atoms with E-state index in [-0.39, 0.29) is 5.92 Å². The number of anilines is 1. The van der Waals surface area contributed by atoms with Gasteiger partial charge in [0.2, 0.25) is 0 Å². The molecule has 3 aromatic heterocycles. The normalized spacial score (nSPS) is 11.7. The molecule has 0 unspecified atom stereocenters. The van der Waals surface area contributed by atoms with Gasteiger partial charge in [0, 0.05) is 17.7 Å². The molecule has 23 heavy (non-hydrogen) atoms. The summed E-state index contributed by atoms with van der Waals surface area (Å²) < 4.78 is 1.88. The van der Waals surface area contributed by atoms with Crippen LogP contribution in [0.25, 0.3) is 11.0 Å². The van der Waals surface area contributed by atoms with Crippen LogP contribution in [0.1, 0.15) is 56.6 Å². The van der Waals surface area contributed by atoms with Gasteiger partial charge in [-0.1, -0.05) is 33.8 Å². The number of hydrogen-bond donors (Lipinski definition) is 1. The predicted molar refractivity (Wildman–Crippen MR) is 91.3 cm³/mol. The molecule has 0 spiro atoms. The highest BCUT2D eigenvalue weighted by Crippen LogP contribution is 2.25. The zero-order valence-corrected chi connectivity index (χ0v) is 14.0. The highest BCUT2D eigenvalue weighted by Gasteiger charge is 2.17. The highest BCUT2D eigenvalue weighted by atomic mass is 15.3. The molecule has 120 valence electrons. The monoisotopic (exact) mass is 310 g/mol. The van der Waals surface area contributed by atoms with Crippen molar-refractivity contribution in [1.82, 2.24) is 24.7 Å². The molecule has 0 saturated heterocycles. The highest BCUT2D eigenvalue weighted by molar-refractivity contribution is 5.78. The summed E-state index contributed by atoms with van der Waals surface area (Å²) in [4.78, 5) is 13.6. The standard InChI is InChI=1S/C17H22N6/c1-10(2)14-13-8-20-23(9-12-6-5-7-19-15(12)18)17(13)22-16(21-14)11(3)4/h5-8,10-11H,9H2,1-4H3,(H2,18,19). The third-order valence-electron chi connectivity index (χ3n) is 3.85. The predicted octanol–water partition coefficient (Wildman–Crippen LogP) is 3.10. The van der Waals surface area contributed by atoms with Crippen LogP contribution in [0.2, 0.25) is 0 Å². The minimum atomic E-state index is 0.267. The third-order valence-corrected chi connectivity index (χ3v) is 3.85. The van der Waals surface area contributed by atoms with Crippen molar-refractivity contribution in [2.75, 3.05) is 5.73 Å². The van der Waals surface area contributed by atoms with E-state index in [0.717, 1.165) is 28.1 Å². The molecular weight excluding hydrogens is 288 g/mol. The van der Waals surface area contributed by atoms with Gasteiger partial charge in [0.05, 0.1) is 23.8 Å². The van der Waals surface area contributed by atoms with Gasteiger partial charge < -0.3 is 5.73 Å². The molecule has 6 nitrogen and oxygen atoms in total. The first-order valence-corrected chi connectivity index (χ1v) is 7.90. The Morgan fingerprint density at radius 3 is 2.57 bits per heavy atom. The molecule has 0 bridgehead atoms. The number of rotatable bonds is 4. The molecule has 0 atom stereocenters. The first-order chi connectivity index (χ1) is 11.0. The Hall–Kier alpha value is -2.50. The van der Waals surface area contributed by atoms with Crippen LogP contribution in [-0.4, -0.2) is 24.7 Å². The van der Waals surface area contributed by atoms with Gasteiger partial charge in [-0.05, 0) is 12.0 Å². The first-order valence-electron chi connectivity index (χ1n) is 7.90. The molecule has 0 aliphatic heterocycles. The Bertz CT molecular complexity index is 834. The van der Waals surface area contributed by atoms with Crippen LogP contribution in [0.5, 0.6) is 0 Å². The number of aromatic nitrogens is 5. The Kier molecular flexibility index (Phi) is 3.98. The van der Waals surface area contributed by atoms with E-state index >= 15 is 0 Å². The Labute approximate surface area is 135 Å². The van der Waals surface area contributed by atoms with Crippen LogP contribution in [0, 0.1) is 0 Å². The number of nitrogens with two attached hydrogens (primary N) is 1. The molecule has 3 rings (SSSR count). The lowest BCUT2D eigenvalue weighted by molar-refractivity contribution is 0.690. The second kappa shape index (κ2) is 5.95. The van der Waals surface area contributed by atoms with Crippen molar-refractivity contribution in [3.8, 4) is 0 Å². The molecule has 0 aliphatic rings.